The molecular weight excluding hydrogens is 1380 g/mol. The fraction of sp³-hybridized carbons (Fsp3) is 0.405. The second kappa shape index (κ2) is 35.5. The maximum absolute atomic E-state index is 12.9. The molecule has 0 spiro atoms. The van der Waals surface area contributed by atoms with Gasteiger partial charge in [0.15, 0.2) is 34.5 Å². The van der Waals surface area contributed by atoms with Crippen molar-refractivity contribution in [3.05, 3.63) is 156 Å². The number of primary amides is 3. The number of carbonyl (C=O) groups is 6. The Labute approximate surface area is 627 Å². The molecule has 9 aromatic rings. The van der Waals surface area contributed by atoms with Crippen molar-refractivity contribution in [1.29, 1.82) is 0 Å². The van der Waals surface area contributed by atoms with Crippen LogP contribution in [0, 0.1) is 0 Å². The van der Waals surface area contributed by atoms with Crippen LogP contribution in [0.4, 0.5) is 69.2 Å². The minimum absolute atomic E-state index is 0.0341. The van der Waals surface area contributed by atoms with E-state index in [0.29, 0.717) is 84.1 Å². The topological polar surface area (TPSA) is 416 Å². The van der Waals surface area contributed by atoms with Gasteiger partial charge in [-0.1, -0.05) is 0 Å². The number of amides is 6. The highest BCUT2D eigenvalue weighted by atomic mass is 16.2. The molecule has 0 saturated carbocycles. The van der Waals surface area contributed by atoms with Gasteiger partial charge in [-0.05, 0) is 153 Å². The molecule has 108 heavy (non-hydrogen) atoms. The molecule has 3 saturated heterocycles. The lowest BCUT2D eigenvalue weighted by molar-refractivity contribution is 0.0918. The Hall–Kier alpha value is -12.5. The second-order valence-corrected chi connectivity index (χ2v) is 27.4. The van der Waals surface area contributed by atoms with Gasteiger partial charge in [-0.2, -0.15) is 20.3 Å². The van der Waals surface area contributed by atoms with Crippen LogP contribution in [0.3, 0.4) is 0 Å². The van der Waals surface area contributed by atoms with Crippen molar-refractivity contribution >= 4 is 105 Å². The zero-order valence-corrected chi connectivity index (χ0v) is 63.2. The summed E-state index contributed by atoms with van der Waals surface area (Å²) in [5.41, 5.74) is 23.6. The lowest BCUT2D eigenvalue weighted by Crippen LogP contribution is -2.54. The van der Waals surface area contributed by atoms with Gasteiger partial charge in [0.1, 0.15) is 11.6 Å². The van der Waals surface area contributed by atoms with Crippen LogP contribution in [0.1, 0.15) is 143 Å². The second-order valence-electron chi connectivity index (χ2n) is 27.4. The molecule has 3 aliphatic heterocycles. The van der Waals surface area contributed by atoms with E-state index in [1.165, 1.54) is 0 Å². The fourth-order valence-corrected chi connectivity index (χ4v) is 12.7. The highest BCUT2D eigenvalue weighted by molar-refractivity contribution is 5.99. The normalized spacial score (nSPS) is 17.5. The van der Waals surface area contributed by atoms with Gasteiger partial charge < -0.3 is 78.5 Å². The smallest absolute Gasteiger partial charge is 0.273 e. The van der Waals surface area contributed by atoms with Crippen LogP contribution in [0.2, 0.25) is 0 Å². The summed E-state index contributed by atoms with van der Waals surface area (Å²) < 4.78 is 5.27. The predicted molar refractivity (Wildman–Crippen MR) is 417 cm³/mol. The van der Waals surface area contributed by atoms with Crippen molar-refractivity contribution in [3.8, 4) is 0 Å². The molecule has 0 bridgehead atoms. The number of benzene rings is 3. The summed E-state index contributed by atoms with van der Waals surface area (Å²) in [7, 11) is 11.8. The third kappa shape index (κ3) is 19.7. The number of nitrogens with zero attached hydrogens (tertiary/aromatic N) is 19. The van der Waals surface area contributed by atoms with E-state index in [1.54, 1.807) is 51.2 Å². The van der Waals surface area contributed by atoms with Crippen LogP contribution in [0.5, 0.6) is 0 Å². The molecule has 6 amide bonds. The Bertz CT molecular complexity index is 4240. The molecule has 6 atom stereocenters. The van der Waals surface area contributed by atoms with Gasteiger partial charge in [0.25, 0.3) is 35.4 Å². The predicted octanol–water partition coefficient (Wildman–Crippen LogP) is 6.56. The lowest BCUT2D eigenvalue weighted by atomic mass is 9.97. The van der Waals surface area contributed by atoms with Crippen LogP contribution in [-0.2, 0) is 19.6 Å². The minimum atomic E-state index is -0.732. The van der Waals surface area contributed by atoms with Crippen LogP contribution in [0.15, 0.2) is 122 Å². The molecule has 0 aliphatic carbocycles. The molecule has 34 nitrogen and oxygen atoms in total. The third-order valence-corrected chi connectivity index (χ3v) is 19.1. The molecule has 34 heteroatoms. The van der Waals surface area contributed by atoms with E-state index in [1.807, 2.05) is 168 Å². The molecule has 9 heterocycles. The van der Waals surface area contributed by atoms with Crippen LogP contribution < -0.4 is 78.5 Å². The van der Waals surface area contributed by atoms with Gasteiger partial charge in [0, 0.05) is 170 Å². The van der Waals surface area contributed by atoms with Crippen LogP contribution >= 0.6 is 0 Å². The minimum Gasteiger partial charge on any atom is -0.378 e. The van der Waals surface area contributed by atoms with Crippen LogP contribution in [0.25, 0.3) is 0 Å². The molecule has 3 aliphatic rings. The Morgan fingerprint density at radius 1 is 0.444 bits per heavy atom. The van der Waals surface area contributed by atoms with Crippen molar-refractivity contribution in [2.45, 2.75) is 136 Å². The summed E-state index contributed by atoms with van der Waals surface area (Å²) in [5, 5.41) is 39.7. The summed E-state index contributed by atoms with van der Waals surface area (Å²) in [6.07, 6.45) is 18.6. The van der Waals surface area contributed by atoms with Gasteiger partial charge >= 0.3 is 0 Å². The van der Waals surface area contributed by atoms with Gasteiger partial charge in [-0.15, -0.1) is 10.2 Å². The van der Waals surface area contributed by atoms with E-state index in [-0.39, 0.29) is 88.5 Å². The van der Waals surface area contributed by atoms with Gasteiger partial charge in [0.2, 0.25) is 5.95 Å². The summed E-state index contributed by atoms with van der Waals surface area (Å²) >= 11 is 0. The maximum Gasteiger partial charge on any atom is 0.273 e. The zero-order chi connectivity index (χ0) is 77.5. The molecule has 0 radical (unpaired) electrons. The zero-order valence-electron chi connectivity index (χ0n) is 63.2. The van der Waals surface area contributed by atoms with Crippen molar-refractivity contribution in [2.75, 3.05) is 107 Å². The summed E-state index contributed by atoms with van der Waals surface area (Å²) in [4.78, 5) is 109. The Balaban J connectivity index is 0.000000173. The number of nitrogens with two attached hydrogens (primary N) is 3. The Morgan fingerprint density at radius 3 is 1.19 bits per heavy atom. The Morgan fingerprint density at radius 2 is 0.815 bits per heavy atom. The maximum atomic E-state index is 12.9. The SMILES string of the molecule is CCn1cc(Nc2nc(N3CCC[C@@H](NC(=O)c4ccc(N(C)C)cc4)[C@H]3C)cnc2C(N)=O)cn1.CCn1cc(Nc2nc(N3C[C@H](NC(=O)c4ccc(N(C)C)cc4)CC[C@@H]3C)cnc2C(N)=O)cn1.CCn1cc(Nc2nc(N3C[C@H](NC(=O)c4ccc(N(C)C)cc4)CC[C@@H]3C)nnc2C(N)=O)cn1. The van der Waals surface area contributed by atoms with E-state index in [9.17, 15) is 28.8 Å². The number of carbonyl (C=O) groups excluding carboxylic acids is 6. The number of anilines is 12. The van der Waals surface area contributed by atoms with Crippen molar-refractivity contribution in [2.24, 2.45) is 17.2 Å². The highest BCUT2D eigenvalue weighted by Crippen LogP contribution is 2.31. The molecule has 570 valence electrons. The van der Waals surface area contributed by atoms with Crippen molar-refractivity contribution in [1.82, 2.24) is 80.4 Å². The average Bonchev–Trinajstić information content (AvgIpc) is 0.871. The molecule has 6 aromatic heterocycles. The van der Waals surface area contributed by atoms with Crippen molar-refractivity contribution < 1.29 is 28.8 Å². The van der Waals surface area contributed by atoms with E-state index in [4.69, 9.17) is 27.2 Å². The number of aromatic nitrogens is 13. The first-order chi connectivity index (χ1) is 51.8. The number of piperidine rings is 3. The van der Waals surface area contributed by atoms with Gasteiger partial charge in [-0.25, -0.2) is 19.9 Å². The quantitative estimate of drug-likeness (QED) is 0.0309. The summed E-state index contributed by atoms with van der Waals surface area (Å²) in [5.74, 6) is -0.0934. The summed E-state index contributed by atoms with van der Waals surface area (Å²) in [6, 6.07) is 22.6. The number of nitrogens with one attached hydrogen (secondary N) is 6. The number of aryl methyl sites for hydroxylation is 3. The highest BCUT2D eigenvalue weighted by Gasteiger charge is 2.34. The summed E-state index contributed by atoms with van der Waals surface area (Å²) in [6.45, 7) is 16.1. The van der Waals surface area contributed by atoms with Gasteiger partial charge in [-0.3, -0.25) is 42.8 Å². The van der Waals surface area contributed by atoms with Gasteiger partial charge in [0.05, 0.1) is 48.0 Å². The van der Waals surface area contributed by atoms with Crippen molar-refractivity contribution in [3.63, 3.8) is 0 Å². The number of hydrogen-bond donors (Lipinski definition) is 9. The molecule has 3 fully saturated rings. The van der Waals surface area contributed by atoms with Crippen LogP contribution in [-0.4, -0.2) is 198 Å². The van der Waals surface area contributed by atoms with E-state index in [0.717, 1.165) is 62.1 Å². The molecule has 0 unspecified atom stereocenters. The number of rotatable bonds is 24. The molecule has 3 aromatic carbocycles. The average molecular weight is 1480 g/mol. The van der Waals surface area contributed by atoms with E-state index < -0.39 is 17.7 Å². The first-order valence-electron chi connectivity index (χ1n) is 36.1. The lowest BCUT2D eigenvalue weighted by Gasteiger charge is -2.40. The number of hydrogen-bond acceptors (Lipinski definition) is 25. The fourth-order valence-electron chi connectivity index (χ4n) is 12.7. The largest absolute Gasteiger partial charge is 0.378 e. The molecule has 12 rings (SSSR count). The standard InChI is InChI=1S/2C25H33N9O2.C24H32N10O2/c1-5-33-14-19(12-28-33)29-24-22(23(26)35)27-13-21(31-24)34-15-18(9-6-16(34)2)30-25(36)17-7-10-20(11-8-17)32(3)4;1-5-33-15-18(13-28-33)29-24-22(23(26)35)27-14-21(31-24)34-12-6-7-20(16(34)2)30-25(36)17-8-10-19(11-9-17)32(3)4;1-5-33-13-18(12-26-33)27-22-20(21(25)35)30-31-24(29-22)34-14-17(9-6-15(34)2)28-23(36)16-7-10-19(11-8-16)32(3)4/h7-8,10-14,16,18H,5-6,9,15H2,1-4H3,(H2,26,35)(H,29,31)(H,30,36);8-11,13-16,20H,5-7,12H2,1-4H3,(H2,26,35)(H,29,31)(H,30,36);7-8,10-13,15,17H,5-6,9,14H2,1-4H3,(H2,25,35)(H,28,36)(H,27,29,31)/t16-,18+;16-,20-;15-,17+/m010/s1. The first-order valence-corrected chi connectivity index (χ1v) is 36.1. The third-order valence-electron chi connectivity index (χ3n) is 19.1. The van der Waals surface area contributed by atoms with E-state index >= 15 is 0 Å². The molecular formula is C74H98N28O6. The Kier molecular flexibility index (Phi) is 25.7. The first kappa shape index (κ1) is 78.1. The monoisotopic (exact) mass is 1470 g/mol. The van der Waals surface area contributed by atoms with E-state index in [2.05, 4.69) is 103 Å². The molecule has 12 N–H and O–H groups in total.